The van der Waals surface area contributed by atoms with Crippen molar-refractivity contribution in [3.05, 3.63) is 22.4 Å². The second-order valence-electron chi connectivity index (χ2n) is 3.94. The summed E-state index contributed by atoms with van der Waals surface area (Å²) in [7, 11) is 0. The molecule has 2 nitrogen and oxygen atoms in total. The fraction of sp³-hybridized carbons (Fsp3) is 0.545. The minimum absolute atomic E-state index is 0.270. The summed E-state index contributed by atoms with van der Waals surface area (Å²) < 4.78 is 0.886. The molecule has 1 aromatic heterocycles. The highest BCUT2D eigenvalue weighted by atomic mass is 79.9. The lowest BCUT2D eigenvalue weighted by Crippen LogP contribution is -2.17. The summed E-state index contributed by atoms with van der Waals surface area (Å²) in [5.41, 5.74) is 0.823. The van der Waals surface area contributed by atoms with Crippen LogP contribution in [0.3, 0.4) is 0 Å². The lowest BCUT2D eigenvalue weighted by atomic mass is 9.84. The van der Waals surface area contributed by atoms with Crippen molar-refractivity contribution in [2.45, 2.75) is 32.1 Å². The van der Waals surface area contributed by atoms with Crippen molar-refractivity contribution in [3.63, 3.8) is 0 Å². The second-order valence-corrected chi connectivity index (χ2v) is 4.79. The Kier molecular flexibility index (Phi) is 3.06. The summed E-state index contributed by atoms with van der Waals surface area (Å²) in [6.45, 7) is 0. The Bertz CT molecular complexity index is 326. The number of rotatable bonds is 2. The molecule has 0 unspecified atom stereocenters. The number of carbonyl (C=O) groups is 1. The van der Waals surface area contributed by atoms with Crippen LogP contribution in [0.5, 0.6) is 0 Å². The Balaban J connectivity index is 2.07. The number of hydrogen-bond donors (Lipinski definition) is 1. The van der Waals surface area contributed by atoms with Crippen LogP contribution in [0, 0.1) is 5.92 Å². The van der Waals surface area contributed by atoms with E-state index in [1.54, 1.807) is 6.20 Å². The van der Waals surface area contributed by atoms with Crippen LogP contribution in [0.1, 0.15) is 42.5 Å². The molecule has 1 aliphatic rings. The topological polar surface area (TPSA) is 32.9 Å². The Labute approximate surface area is 92.2 Å². The number of carbonyl (C=O) groups excluding carboxylic acids is 1. The Morgan fingerprint density at radius 1 is 1.36 bits per heavy atom. The zero-order valence-corrected chi connectivity index (χ0v) is 9.64. The van der Waals surface area contributed by atoms with Crippen LogP contribution >= 0.6 is 15.9 Å². The molecule has 3 heteroatoms. The first-order chi connectivity index (χ1) is 6.77. The van der Waals surface area contributed by atoms with E-state index >= 15 is 0 Å². The van der Waals surface area contributed by atoms with Gasteiger partial charge in [-0.3, -0.25) is 4.79 Å². The first-order valence-electron chi connectivity index (χ1n) is 5.15. The van der Waals surface area contributed by atoms with Crippen LogP contribution < -0.4 is 0 Å². The number of aromatic amines is 1. The van der Waals surface area contributed by atoms with E-state index in [9.17, 15) is 4.79 Å². The van der Waals surface area contributed by atoms with Gasteiger partial charge in [-0.25, -0.2) is 0 Å². The smallest absolute Gasteiger partial charge is 0.167 e. The van der Waals surface area contributed by atoms with E-state index in [4.69, 9.17) is 0 Å². The number of Topliss-reactive ketones (excluding diaryl/α,β-unsaturated/α-hetero) is 1. The van der Waals surface area contributed by atoms with Crippen molar-refractivity contribution in [1.82, 2.24) is 4.98 Å². The lowest BCUT2D eigenvalue weighted by molar-refractivity contribution is 0.0890. The van der Waals surface area contributed by atoms with Gasteiger partial charge in [-0.05, 0) is 34.8 Å². The van der Waals surface area contributed by atoms with E-state index in [2.05, 4.69) is 20.9 Å². The molecule has 0 aromatic carbocycles. The second kappa shape index (κ2) is 4.30. The summed E-state index contributed by atoms with van der Waals surface area (Å²) in [4.78, 5) is 15.0. The zero-order chi connectivity index (χ0) is 9.97. The van der Waals surface area contributed by atoms with E-state index in [1.165, 1.54) is 19.3 Å². The molecule has 0 atom stereocenters. The number of H-pyrrole nitrogens is 1. The van der Waals surface area contributed by atoms with Crippen LogP contribution in [-0.2, 0) is 0 Å². The van der Waals surface area contributed by atoms with Crippen LogP contribution in [0.4, 0.5) is 0 Å². The highest BCUT2D eigenvalue weighted by Gasteiger charge is 2.22. The standard InChI is InChI=1S/C11H14BrNO/c12-10-6-9(7-13-10)11(14)8-4-2-1-3-5-8/h6-8,13H,1-5H2. The Morgan fingerprint density at radius 2 is 2.07 bits per heavy atom. The van der Waals surface area contributed by atoms with Crippen molar-refractivity contribution >= 4 is 21.7 Å². The molecule has 14 heavy (non-hydrogen) atoms. The van der Waals surface area contributed by atoms with Crippen LogP contribution in [0.2, 0.25) is 0 Å². The van der Waals surface area contributed by atoms with E-state index in [-0.39, 0.29) is 5.92 Å². The molecule has 0 amide bonds. The van der Waals surface area contributed by atoms with Crippen LogP contribution in [-0.4, -0.2) is 10.8 Å². The molecule has 0 spiro atoms. The van der Waals surface area contributed by atoms with E-state index < -0.39 is 0 Å². The average Bonchev–Trinajstić information content (AvgIpc) is 2.65. The molecule has 2 rings (SSSR count). The van der Waals surface area contributed by atoms with Gasteiger partial charge >= 0.3 is 0 Å². The van der Waals surface area contributed by atoms with E-state index in [0.717, 1.165) is 23.0 Å². The van der Waals surface area contributed by atoms with Gasteiger partial charge in [0.15, 0.2) is 5.78 Å². The molecule has 0 aliphatic heterocycles. The largest absolute Gasteiger partial charge is 0.355 e. The molecule has 1 N–H and O–H groups in total. The fourth-order valence-electron chi connectivity index (χ4n) is 2.11. The maximum absolute atomic E-state index is 12.0. The van der Waals surface area contributed by atoms with E-state index in [1.807, 2.05) is 6.07 Å². The summed E-state index contributed by atoms with van der Waals surface area (Å²) in [5.74, 6) is 0.582. The minimum atomic E-state index is 0.270. The maximum Gasteiger partial charge on any atom is 0.167 e. The van der Waals surface area contributed by atoms with Gasteiger partial charge in [-0.1, -0.05) is 19.3 Å². The predicted molar refractivity (Wildman–Crippen MR) is 59.4 cm³/mol. The molecule has 0 bridgehead atoms. The van der Waals surface area contributed by atoms with Crippen molar-refractivity contribution in [2.24, 2.45) is 5.92 Å². The summed E-state index contributed by atoms with van der Waals surface area (Å²) in [6.07, 6.45) is 7.65. The highest BCUT2D eigenvalue weighted by Crippen LogP contribution is 2.27. The molecular formula is C11H14BrNO. The Morgan fingerprint density at radius 3 is 2.64 bits per heavy atom. The van der Waals surface area contributed by atoms with Gasteiger partial charge in [0.2, 0.25) is 0 Å². The summed E-state index contributed by atoms with van der Waals surface area (Å²) in [6, 6.07) is 1.87. The third-order valence-electron chi connectivity index (χ3n) is 2.91. The molecule has 76 valence electrons. The van der Waals surface area contributed by atoms with Crippen molar-refractivity contribution in [2.75, 3.05) is 0 Å². The number of hydrogen-bond acceptors (Lipinski definition) is 1. The average molecular weight is 256 g/mol. The summed E-state index contributed by atoms with van der Waals surface area (Å²) >= 11 is 3.32. The van der Waals surface area contributed by atoms with Crippen molar-refractivity contribution < 1.29 is 4.79 Å². The van der Waals surface area contributed by atoms with Gasteiger partial charge < -0.3 is 4.98 Å². The molecule has 1 aliphatic carbocycles. The molecule has 1 fully saturated rings. The molecule has 1 heterocycles. The van der Waals surface area contributed by atoms with Crippen LogP contribution in [0.15, 0.2) is 16.9 Å². The van der Waals surface area contributed by atoms with Crippen LogP contribution in [0.25, 0.3) is 0 Å². The number of halogens is 1. The monoisotopic (exact) mass is 255 g/mol. The summed E-state index contributed by atoms with van der Waals surface area (Å²) in [5, 5.41) is 0. The normalized spacial score (nSPS) is 18.4. The molecule has 0 saturated heterocycles. The minimum Gasteiger partial charge on any atom is -0.355 e. The van der Waals surface area contributed by atoms with Gasteiger partial charge in [0.05, 0.1) is 4.60 Å². The molecule has 1 saturated carbocycles. The first-order valence-corrected chi connectivity index (χ1v) is 5.95. The molecular weight excluding hydrogens is 242 g/mol. The molecule has 0 radical (unpaired) electrons. The zero-order valence-electron chi connectivity index (χ0n) is 8.05. The van der Waals surface area contributed by atoms with Crippen molar-refractivity contribution in [1.29, 1.82) is 0 Å². The lowest BCUT2D eigenvalue weighted by Gasteiger charge is -2.19. The third-order valence-corrected chi connectivity index (χ3v) is 3.37. The number of nitrogens with one attached hydrogen (secondary N) is 1. The molecule has 1 aromatic rings. The van der Waals surface area contributed by atoms with Gasteiger partial charge in [-0.2, -0.15) is 0 Å². The number of aromatic nitrogens is 1. The third kappa shape index (κ3) is 2.08. The quantitative estimate of drug-likeness (QED) is 0.806. The van der Waals surface area contributed by atoms with Gasteiger partial charge in [-0.15, -0.1) is 0 Å². The predicted octanol–water partition coefficient (Wildman–Crippen LogP) is 3.54. The van der Waals surface area contributed by atoms with Crippen molar-refractivity contribution in [3.8, 4) is 0 Å². The highest BCUT2D eigenvalue weighted by molar-refractivity contribution is 9.10. The first kappa shape index (κ1) is 9.97. The number of ketones is 1. The van der Waals surface area contributed by atoms with Gasteiger partial charge in [0.1, 0.15) is 0 Å². The van der Waals surface area contributed by atoms with E-state index in [0.29, 0.717) is 5.78 Å². The van der Waals surface area contributed by atoms with Gasteiger partial charge in [0, 0.05) is 17.7 Å². The maximum atomic E-state index is 12.0. The van der Waals surface area contributed by atoms with Gasteiger partial charge in [0.25, 0.3) is 0 Å². The fourth-order valence-corrected chi connectivity index (χ4v) is 2.47. The Hall–Kier alpha value is -0.570. The SMILES string of the molecule is O=C(c1c[nH]c(Br)c1)C1CCCCC1.